The second-order valence-corrected chi connectivity index (χ2v) is 6.36. The smallest absolute Gasteiger partial charge is 0.242 e. The molecule has 0 atom stereocenters. The highest BCUT2D eigenvalue weighted by Crippen LogP contribution is 2.01. The van der Waals surface area contributed by atoms with Crippen LogP contribution in [0.15, 0.2) is 0 Å². The van der Waals surface area contributed by atoms with E-state index in [2.05, 4.69) is 5.32 Å². The summed E-state index contributed by atoms with van der Waals surface area (Å²) < 4.78 is 23.0. The zero-order valence-corrected chi connectivity index (χ0v) is 10.8. The molecule has 0 aromatic rings. The Bertz CT molecular complexity index is 391. The van der Waals surface area contributed by atoms with Gasteiger partial charge in [0.05, 0.1) is 12.3 Å². The molecule has 1 saturated heterocycles. The van der Waals surface area contributed by atoms with Crippen molar-refractivity contribution in [3.8, 4) is 0 Å². The molecule has 1 N–H and O–H groups in total. The minimum absolute atomic E-state index is 0.0270. The second-order valence-electron chi connectivity index (χ2n) is 4.06. The molecule has 0 spiro atoms. The Morgan fingerprint density at radius 2 is 2.00 bits per heavy atom. The molecule has 0 radical (unpaired) electrons. The molecule has 0 aromatic carbocycles. The Morgan fingerprint density at radius 1 is 1.29 bits per heavy atom. The molecule has 2 amide bonds. The monoisotopic (exact) mass is 262 g/mol. The predicted octanol–water partition coefficient (Wildman–Crippen LogP) is -0.840. The first-order chi connectivity index (χ1) is 7.94. The lowest BCUT2D eigenvalue weighted by Gasteiger charge is -2.19. The van der Waals surface area contributed by atoms with Gasteiger partial charge >= 0.3 is 0 Å². The van der Waals surface area contributed by atoms with Gasteiger partial charge in [0.25, 0.3) is 0 Å². The van der Waals surface area contributed by atoms with Crippen molar-refractivity contribution in [1.82, 2.24) is 10.2 Å². The summed E-state index contributed by atoms with van der Waals surface area (Å²) in [6.45, 7) is 2.24. The van der Waals surface area contributed by atoms with Crippen LogP contribution in [0.4, 0.5) is 0 Å². The number of sulfone groups is 1. The molecule has 7 heteroatoms. The lowest BCUT2D eigenvalue weighted by atomic mass is 10.4. The maximum Gasteiger partial charge on any atom is 0.242 e. The Morgan fingerprint density at radius 3 is 2.65 bits per heavy atom. The molecule has 98 valence electrons. The molecule has 0 unspecified atom stereocenters. The van der Waals surface area contributed by atoms with Crippen molar-refractivity contribution in [1.29, 1.82) is 0 Å². The van der Waals surface area contributed by atoms with Crippen molar-refractivity contribution in [2.75, 3.05) is 31.1 Å². The highest BCUT2D eigenvalue weighted by atomic mass is 32.2. The third-order valence-electron chi connectivity index (χ3n) is 2.59. The SMILES string of the molecule is CCCS(=O)(=O)CCN1CCC(=O)NCC1=O. The van der Waals surface area contributed by atoms with Crippen LogP contribution in [0, 0.1) is 0 Å². The van der Waals surface area contributed by atoms with Crippen LogP contribution < -0.4 is 5.32 Å². The van der Waals surface area contributed by atoms with Gasteiger partial charge in [-0.3, -0.25) is 9.59 Å². The van der Waals surface area contributed by atoms with Gasteiger partial charge in [-0.15, -0.1) is 0 Å². The molecule has 17 heavy (non-hydrogen) atoms. The number of hydrogen-bond donors (Lipinski definition) is 1. The van der Waals surface area contributed by atoms with Crippen LogP contribution in [0.3, 0.4) is 0 Å². The first kappa shape index (κ1) is 14.0. The second kappa shape index (κ2) is 6.00. The van der Waals surface area contributed by atoms with Crippen molar-refractivity contribution >= 4 is 21.7 Å². The summed E-state index contributed by atoms with van der Waals surface area (Å²) in [5.74, 6) is -0.271. The van der Waals surface area contributed by atoms with E-state index < -0.39 is 9.84 Å². The zero-order valence-electron chi connectivity index (χ0n) is 9.94. The van der Waals surface area contributed by atoms with Crippen molar-refractivity contribution < 1.29 is 18.0 Å². The average molecular weight is 262 g/mol. The number of nitrogens with one attached hydrogen (secondary N) is 1. The van der Waals surface area contributed by atoms with E-state index in [1.807, 2.05) is 0 Å². The fraction of sp³-hybridized carbons (Fsp3) is 0.800. The maximum absolute atomic E-state index is 11.6. The first-order valence-corrected chi connectivity index (χ1v) is 7.51. The molecule has 1 heterocycles. The molecular formula is C10H18N2O4S. The van der Waals surface area contributed by atoms with E-state index >= 15 is 0 Å². The summed E-state index contributed by atoms with van der Waals surface area (Å²) in [6.07, 6.45) is 0.815. The van der Waals surface area contributed by atoms with E-state index in [0.29, 0.717) is 13.0 Å². The largest absolute Gasteiger partial charge is 0.347 e. The van der Waals surface area contributed by atoms with Gasteiger partial charge in [-0.1, -0.05) is 6.92 Å². The standard InChI is InChI=1S/C10H18N2O4S/c1-2-6-17(15,16)7-5-12-4-3-9(13)11-8-10(12)14/h2-8H2,1H3,(H,11,13). The van der Waals surface area contributed by atoms with Crippen LogP contribution in [0.25, 0.3) is 0 Å². The van der Waals surface area contributed by atoms with E-state index in [1.165, 1.54) is 4.90 Å². The number of carbonyl (C=O) groups excluding carboxylic acids is 2. The summed E-state index contributed by atoms with van der Waals surface area (Å²) in [7, 11) is -3.08. The molecule has 0 saturated carbocycles. The summed E-state index contributed by atoms with van der Waals surface area (Å²) in [4.78, 5) is 24.1. The Hall–Kier alpha value is -1.11. The maximum atomic E-state index is 11.6. The Kier molecular flexibility index (Phi) is 4.92. The number of carbonyl (C=O) groups is 2. The van der Waals surface area contributed by atoms with Crippen molar-refractivity contribution in [3.63, 3.8) is 0 Å². The van der Waals surface area contributed by atoms with Crippen LogP contribution in [0.2, 0.25) is 0 Å². The van der Waals surface area contributed by atoms with Gasteiger partial charge in [0.1, 0.15) is 0 Å². The molecule has 6 nitrogen and oxygen atoms in total. The van der Waals surface area contributed by atoms with E-state index in [0.717, 1.165) is 0 Å². The van der Waals surface area contributed by atoms with Gasteiger partial charge in [-0.05, 0) is 6.42 Å². The Labute approximate surface area is 101 Å². The number of rotatable bonds is 5. The lowest BCUT2D eigenvalue weighted by molar-refractivity contribution is -0.129. The number of nitrogens with zero attached hydrogens (tertiary/aromatic N) is 1. The zero-order chi connectivity index (χ0) is 12.9. The van der Waals surface area contributed by atoms with Crippen LogP contribution in [0.1, 0.15) is 19.8 Å². The molecule has 1 aliphatic heterocycles. The van der Waals surface area contributed by atoms with Crippen molar-refractivity contribution in [2.24, 2.45) is 0 Å². The molecule has 1 rings (SSSR count). The number of hydrogen-bond acceptors (Lipinski definition) is 4. The summed E-state index contributed by atoms with van der Waals surface area (Å²) >= 11 is 0. The van der Waals surface area contributed by atoms with Crippen LogP contribution in [-0.4, -0.2) is 56.3 Å². The van der Waals surface area contributed by atoms with Crippen molar-refractivity contribution in [2.45, 2.75) is 19.8 Å². The molecular weight excluding hydrogens is 244 g/mol. The van der Waals surface area contributed by atoms with Gasteiger partial charge < -0.3 is 10.2 Å². The molecule has 0 aliphatic carbocycles. The lowest BCUT2D eigenvalue weighted by Crippen LogP contribution is -2.38. The molecule has 0 bridgehead atoms. The third-order valence-corrected chi connectivity index (χ3v) is 4.42. The number of amides is 2. The van der Waals surface area contributed by atoms with Crippen LogP contribution in [0.5, 0.6) is 0 Å². The predicted molar refractivity (Wildman–Crippen MR) is 63.2 cm³/mol. The van der Waals surface area contributed by atoms with E-state index in [-0.39, 0.29) is 42.8 Å². The summed E-state index contributed by atoms with van der Waals surface area (Å²) in [6, 6.07) is 0. The minimum atomic E-state index is -3.08. The van der Waals surface area contributed by atoms with Gasteiger partial charge in [-0.2, -0.15) is 0 Å². The van der Waals surface area contributed by atoms with Gasteiger partial charge in [-0.25, -0.2) is 8.42 Å². The van der Waals surface area contributed by atoms with Gasteiger partial charge in [0.15, 0.2) is 9.84 Å². The molecule has 1 aliphatic rings. The quantitative estimate of drug-likeness (QED) is 0.700. The van der Waals surface area contributed by atoms with E-state index in [4.69, 9.17) is 0 Å². The van der Waals surface area contributed by atoms with Gasteiger partial charge in [0, 0.05) is 25.3 Å². The first-order valence-electron chi connectivity index (χ1n) is 5.69. The highest BCUT2D eigenvalue weighted by molar-refractivity contribution is 7.91. The highest BCUT2D eigenvalue weighted by Gasteiger charge is 2.21. The average Bonchev–Trinajstić information content (AvgIpc) is 2.40. The minimum Gasteiger partial charge on any atom is -0.347 e. The van der Waals surface area contributed by atoms with Gasteiger partial charge in [0.2, 0.25) is 11.8 Å². The Balaban J connectivity index is 2.50. The summed E-state index contributed by atoms with van der Waals surface area (Å²) in [5.41, 5.74) is 0. The van der Waals surface area contributed by atoms with Crippen molar-refractivity contribution in [3.05, 3.63) is 0 Å². The normalized spacial score (nSPS) is 17.8. The molecule has 1 fully saturated rings. The molecule has 0 aromatic heterocycles. The topological polar surface area (TPSA) is 83.6 Å². The third kappa shape index (κ3) is 4.72. The van der Waals surface area contributed by atoms with E-state index in [9.17, 15) is 18.0 Å². The van der Waals surface area contributed by atoms with Crippen LogP contribution >= 0.6 is 0 Å². The fourth-order valence-electron chi connectivity index (χ4n) is 1.63. The van der Waals surface area contributed by atoms with E-state index in [1.54, 1.807) is 6.92 Å². The summed E-state index contributed by atoms with van der Waals surface area (Å²) in [5, 5.41) is 2.47. The fourth-order valence-corrected chi connectivity index (χ4v) is 2.96. The van der Waals surface area contributed by atoms with Crippen LogP contribution in [-0.2, 0) is 19.4 Å².